The van der Waals surface area contributed by atoms with E-state index in [2.05, 4.69) is 0 Å². The third-order valence-electron chi connectivity index (χ3n) is 0.666. The molecule has 8 N–H and O–H groups in total. The standard InChI is InChI=1S/C4H11NO2.H3N/c6-3-1-5-2-4-7;/h5-7H,1-4H2;1H3/p+2. The predicted octanol–water partition coefficient (Wildman–Crippen LogP) is -2.09. The van der Waals surface area contributed by atoms with Gasteiger partial charge in [0.15, 0.2) is 0 Å². The van der Waals surface area contributed by atoms with Crippen LogP contribution in [0.2, 0.25) is 0 Å². The van der Waals surface area contributed by atoms with E-state index in [1.165, 1.54) is 0 Å². The lowest BCUT2D eigenvalue weighted by molar-refractivity contribution is -0.657. The normalized spacial score (nSPS) is 8.25. The van der Waals surface area contributed by atoms with Crippen molar-refractivity contribution in [3.63, 3.8) is 0 Å². The second-order valence-electron chi connectivity index (χ2n) is 1.31. The van der Waals surface area contributed by atoms with E-state index in [9.17, 15) is 0 Å². The second-order valence-corrected chi connectivity index (χ2v) is 1.31. The van der Waals surface area contributed by atoms with Gasteiger partial charge < -0.3 is 21.7 Å². The maximum Gasteiger partial charge on any atom is 0.0991 e. The Bertz CT molecular complexity index is 31.2. The van der Waals surface area contributed by atoms with Gasteiger partial charge in [-0.1, -0.05) is 0 Å². The van der Waals surface area contributed by atoms with Crippen molar-refractivity contribution < 1.29 is 15.5 Å². The Balaban J connectivity index is 0. The van der Waals surface area contributed by atoms with Crippen molar-refractivity contribution in [2.45, 2.75) is 0 Å². The highest BCUT2D eigenvalue weighted by molar-refractivity contribution is 4.15. The highest BCUT2D eigenvalue weighted by Crippen LogP contribution is 1.40. The summed E-state index contributed by atoms with van der Waals surface area (Å²) in [5.41, 5.74) is 0. The van der Waals surface area contributed by atoms with Crippen LogP contribution in [0, 0.1) is 0 Å². The third kappa shape index (κ3) is 9.28. The fourth-order valence-corrected chi connectivity index (χ4v) is 0.327. The molecule has 0 radical (unpaired) electrons. The first-order chi connectivity index (χ1) is 3.41. The molecule has 0 aromatic rings. The first-order valence-electron chi connectivity index (χ1n) is 2.45. The monoisotopic (exact) mass is 124 g/mol. The van der Waals surface area contributed by atoms with Crippen LogP contribution in [-0.2, 0) is 0 Å². The van der Waals surface area contributed by atoms with Crippen molar-refractivity contribution in [1.29, 1.82) is 0 Å². The molecule has 4 heteroatoms. The zero-order chi connectivity index (χ0) is 5.54. The number of quaternary nitrogens is 2. The molecular weight excluding hydrogens is 108 g/mol. The summed E-state index contributed by atoms with van der Waals surface area (Å²) in [5.74, 6) is 0. The summed E-state index contributed by atoms with van der Waals surface area (Å²) in [6.45, 7) is 1.78. The van der Waals surface area contributed by atoms with Crippen molar-refractivity contribution in [1.82, 2.24) is 6.15 Å². The van der Waals surface area contributed by atoms with Crippen LogP contribution in [0.5, 0.6) is 0 Å². The molecule has 0 bridgehead atoms. The number of hydrogen-bond acceptors (Lipinski definition) is 2. The summed E-state index contributed by atoms with van der Waals surface area (Å²) in [6, 6.07) is 0. The van der Waals surface area contributed by atoms with Crippen molar-refractivity contribution in [2.75, 3.05) is 26.3 Å². The Hall–Kier alpha value is -0.160. The summed E-state index contributed by atoms with van der Waals surface area (Å²) in [4.78, 5) is 0. The van der Waals surface area contributed by atoms with E-state index < -0.39 is 0 Å². The average Bonchev–Trinajstić information content (AvgIpc) is 1.69. The Morgan fingerprint density at radius 3 is 1.62 bits per heavy atom. The molecule has 0 amide bonds. The number of rotatable bonds is 4. The van der Waals surface area contributed by atoms with Crippen LogP contribution in [0.4, 0.5) is 0 Å². The van der Waals surface area contributed by atoms with Gasteiger partial charge in [-0.25, -0.2) is 0 Å². The fourth-order valence-electron chi connectivity index (χ4n) is 0.327. The van der Waals surface area contributed by atoms with Crippen LogP contribution in [0.1, 0.15) is 0 Å². The molecule has 0 aromatic heterocycles. The van der Waals surface area contributed by atoms with E-state index in [-0.39, 0.29) is 19.4 Å². The zero-order valence-electron chi connectivity index (χ0n) is 5.30. The average molecular weight is 124 g/mol. The summed E-state index contributed by atoms with van der Waals surface area (Å²) in [7, 11) is 0. The van der Waals surface area contributed by atoms with Crippen LogP contribution >= 0.6 is 0 Å². The molecule has 0 heterocycles. The maximum absolute atomic E-state index is 8.18. The number of nitrogens with two attached hydrogens (primary N) is 1. The summed E-state index contributed by atoms with van der Waals surface area (Å²) in [5, 5.41) is 18.2. The molecule has 0 aliphatic rings. The molecule has 0 saturated carbocycles. The number of aliphatic hydroxyl groups excluding tert-OH is 2. The molecule has 0 aromatic carbocycles. The van der Waals surface area contributed by atoms with E-state index in [0.29, 0.717) is 13.1 Å². The predicted molar refractivity (Wildman–Crippen MR) is 31.8 cm³/mol. The zero-order valence-corrected chi connectivity index (χ0v) is 5.30. The molecule has 0 atom stereocenters. The van der Waals surface area contributed by atoms with E-state index in [0.717, 1.165) is 0 Å². The van der Waals surface area contributed by atoms with Crippen molar-refractivity contribution in [2.24, 2.45) is 0 Å². The van der Waals surface area contributed by atoms with Gasteiger partial charge >= 0.3 is 0 Å². The van der Waals surface area contributed by atoms with Gasteiger partial charge in [-0.3, -0.25) is 0 Å². The minimum atomic E-state index is 0. The summed E-state index contributed by atoms with van der Waals surface area (Å²) in [6.07, 6.45) is 0. The lowest BCUT2D eigenvalue weighted by Gasteiger charge is -1.91. The molecule has 0 fully saturated rings. The van der Waals surface area contributed by atoms with Crippen LogP contribution in [0.15, 0.2) is 0 Å². The molecule has 0 unspecified atom stereocenters. The maximum atomic E-state index is 8.18. The Labute approximate surface area is 49.1 Å². The molecule has 52 valence electrons. The highest BCUT2D eigenvalue weighted by Gasteiger charge is 1.82. The molecule has 8 heavy (non-hydrogen) atoms. The van der Waals surface area contributed by atoms with Crippen LogP contribution in [0.25, 0.3) is 0 Å². The SMILES string of the molecule is OCC[NH2+]CCO.[NH4+]. The Morgan fingerprint density at radius 1 is 1.00 bits per heavy atom. The summed E-state index contributed by atoms with van der Waals surface area (Å²) >= 11 is 0. The summed E-state index contributed by atoms with van der Waals surface area (Å²) < 4.78 is 0. The van der Waals surface area contributed by atoms with Gasteiger partial charge in [-0.2, -0.15) is 0 Å². The molecule has 0 saturated heterocycles. The van der Waals surface area contributed by atoms with E-state index >= 15 is 0 Å². The van der Waals surface area contributed by atoms with E-state index in [4.69, 9.17) is 10.2 Å². The molecule has 0 spiro atoms. The molecule has 0 aliphatic carbocycles. The highest BCUT2D eigenvalue weighted by atomic mass is 16.3. The molecular formula is C4H16N2O2+2. The Morgan fingerprint density at radius 2 is 1.38 bits per heavy atom. The third-order valence-corrected chi connectivity index (χ3v) is 0.666. The van der Waals surface area contributed by atoms with Crippen LogP contribution < -0.4 is 11.5 Å². The quantitative estimate of drug-likeness (QED) is 0.323. The fraction of sp³-hybridized carbons (Fsp3) is 1.00. The van der Waals surface area contributed by atoms with Crippen molar-refractivity contribution in [3.05, 3.63) is 0 Å². The van der Waals surface area contributed by atoms with Crippen LogP contribution in [0.3, 0.4) is 0 Å². The van der Waals surface area contributed by atoms with Crippen molar-refractivity contribution >= 4 is 0 Å². The largest absolute Gasteiger partial charge is 0.391 e. The first-order valence-corrected chi connectivity index (χ1v) is 2.45. The lowest BCUT2D eigenvalue weighted by atomic mass is 10.6. The van der Waals surface area contributed by atoms with Gasteiger partial charge in [-0.05, 0) is 0 Å². The second kappa shape index (κ2) is 9.96. The van der Waals surface area contributed by atoms with Gasteiger partial charge in [0.1, 0.15) is 0 Å². The molecule has 0 rings (SSSR count). The van der Waals surface area contributed by atoms with Gasteiger partial charge in [0.2, 0.25) is 0 Å². The van der Waals surface area contributed by atoms with E-state index in [1.807, 2.05) is 5.32 Å². The molecule has 0 aliphatic heterocycles. The topological polar surface area (TPSA) is 93.6 Å². The number of hydrogen-bond donors (Lipinski definition) is 4. The first kappa shape index (κ1) is 10.8. The van der Waals surface area contributed by atoms with Crippen molar-refractivity contribution in [3.8, 4) is 0 Å². The van der Waals surface area contributed by atoms with E-state index in [1.54, 1.807) is 0 Å². The minimum absolute atomic E-state index is 0. The van der Waals surface area contributed by atoms with Gasteiger partial charge in [0.25, 0.3) is 0 Å². The number of aliphatic hydroxyl groups is 2. The van der Waals surface area contributed by atoms with Gasteiger partial charge in [0.05, 0.1) is 26.3 Å². The molecule has 4 nitrogen and oxygen atoms in total. The van der Waals surface area contributed by atoms with Gasteiger partial charge in [0, 0.05) is 0 Å². The van der Waals surface area contributed by atoms with Crippen LogP contribution in [-0.4, -0.2) is 36.5 Å². The minimum Gasteiger partial charge on any atom is -0.391 e. The van der Waals surface area contributed by atoms with Gasteiger partial charge in [-0.15, -0.1) is 0 Å². The lowest BCUT2D eigenvalue weighted by Crippen LogP contribution is -2.85. The Kier molecular flexibility index (Phi) is 13.4. The smallest absolute Gasteiger partial charge is 0.0991 e.